The van der Waals surface area contributed by atoms with Crippen molar-refractivity contribution < 1.29 is 28.6 Å². The van der Waals surface area contributed by atoms with Gasteiger partial charge in [0.25, 0.3) is 0 Å². The van der Waals surface area contributed by atoms with Gasteiger partial charge in [0.1, 0.15) is 13.2 Å². The van der Waals surface area contributed by atoms with Crippen molar-refractivity contribution in [3.05, 3.63) is 0 Å². The van der Waals surface area contributed by atoms with Gasteiger partial charge in [-0.05, 0) is 19.3 Å². The molecule has 0 aromatic rings. The Hall–Kier alpha value is -1.59. The lowest BCUT2D eigenvalue weighted by molar-refractivity contribution is -0.167. The molecule has 0 saturated carbocycles. The van der Waals surface area contributed by atoms with Crippen molar-refractivity contribution >= 4 is 17.9 Å². The Morgan fingerprint density at radius 2 is 0.415 bits per heavy atom. The zero-order chi connectivity index (χ0) is 47.2. The fourth-order valence-corrected chi connectivity index (χ4v) is 9.15. The fourth-order valence-electron chi connectivity index (χ4n) is 9.15. The molecule has 0 N–H and O–H groups in total. The van der Waals surface area contributed by atoms with Crippen molar-refractivity contribution in [1.82, 2.24) is 0 Å². The Bertz CT molecular complexity index is 967. The monoisotopic (exact) mass is 919 g/mol. The number of hydrogen-bond acceptors (Lipinski definition) is 6. The third kappa shape index (κ3) is 53.2. The molecular weight excluding hydrogens is 805 g/mol. The summed E-state index contributed by atoms with van der Waals surface area (Å²) in [5.74, 6) is -0.831. The van der Waals surface area contributed by atoms with Crippen LogP contribution in [0.1, 0.15) is 342 Å². The van der Waals surface area contributed by atoms with Crippen LogP contribution in [-0.4, -0.2) is 37.2 Å². The lowest BCUT2D eigenvalue weighted by Crippen LogP contribution is -2.30. The number of ether oxygens (including phenoxy) is 3. The van der Waals surface area contributed by atoms with Gasteiger partial charge in [-0.3, -0.25) is 14.4 Å². The van der Waals surface area contributed by atoms with E-state index in [0.717, 1.165) is 57.8 Å². The van der Waals surface area contributed by atoms with Crippen LogP contribution < -0.4 is 0 Å². The molecule has 0 amide bonds. The summed E-state index contributed by atoms with van der Waals surface area (Å²) in [6.07, 6.45) is 60.9. The van der Waals surface area contributed by atoms with Crippen LogP contribution in [0.25, 0.3) is 0 Å². The third-order valence-electron chi connectivity index (χ3n) is 13.6. The SMILES string of the molecule is CCCCCCCCCCCCCCCCCCCCCC(=O)OC[C@H](COC(=O)CCCCCCCCCCCCCC)OC(=O)CCCCCCCCCCCCCCCCCC. The molecule has 0 aliphatic carbocycles. The van der Waals surface area contributed by atoms with Gasteiger partial charge in [0.15, 0.2) is 6.10 Å². The first-order chi connectivity index (χ1) is 32.0. The Morgan fingerprint density at radius 1 is 0.246 bits per heavy atom. The Morgan fingerprint density at radius 3 is 0.615 bits per heavy atom. The first-order valence-electron chi connectivity index (χ1n) is 29.5. The Labute approximate surface area is 406 Å². The zero-order valence-corrected chi connectivity index (χ0v) is 44.3. The number of unbranched alkanes of at least 4 members (excludes halogenated alkanes) is 44. The highest BCUT2D eigenvalue weighted by Crippen LogP contribution is 2.18. The van der Waals surface area contributed by atoms with E-state index < -0.39 is 6.10 Å². The third-order valence-corrected chi connectivity index (χ3v) is 13.6. The van der Waals surface area contributed by atoms with Gasteiger partial charge in [-0.1, -0.05) is 303 Å². The van der Waals surface area contributed by atoms with Gasteiger partial charge in [0.2, 0.25) is 0 Å². The molecular formula is C59H114O6. The van der Waals surface area contributed by atoms with E-state index in [1.807, 2.05) is 0 Å². The first kappa shape index (κ1) is 63.4. The second-order valence-electron chi connectivity index (χ2n) is 20.3. The molecule has 0 aliphatic heterocycles. The van der Waals surface area contributed by atoms with E-state index in [2.05, 4.69) is 20.8 Å². The van der Waals surface area contributed by atoms with Crippen LogP contribution in [0.5, 0.6) is 0 Å². The lowest BCUT2D eigenvalue weighted by atomic mass is 10.0. The molecule has 6 heteroatoms. The van der Waals surface area contributed by atoms with Crippen molar-refractivity contribution in [3.63, 3.8) is 0 Å². The van der Waals surface area contributed by atoms with Gasteiger partial charge in [-0.25, -0.2) is 0 Å². The molecule has 1 atom stereocenters. The molecule has 0 rings (SSSR count). The summed E-state index contributed by atoms with van der Waals surface area (Å²) >= 11 is 0. The summed E-state index contributed by atoms with van der Waals surface area (Å²) in [4.78, 5) is 38.1. The van der Waals surface area contributed by atoms with Crippen molar-refractivity contribution in [1.29, 1.82) is 0 Å². The van der Waals surface area contributed by atoms with E-state index in [9.17, 15) is 14.4 Å². The Balaban J connectivity index is 4.25. The van der Waals surface area contributed by atoms with Crippen molar-refractivity contribution in [2.24, 2.45) is 0 Å². The molecule has 0 aromatic heterocycles. The average Bonchev–Trinajstić information content (AvgIpc) is 3.30. The van der Waals surface area contributed by atoms with E-state index in [1.54, 1.807) is 0 Å². The quantitative estimate of drug-likeness (QED) is 0.0344. The summed E-state index contributed by atoms with van der Waals surface area (Å²) in [5, 5.41) is 0. The van der Waals surface area contributed by atoms with Crippen LogP contribution in [0.4, 0.5) is 0 Å². The van der Waals surface area contributed by atoms with E-state index in [0.29, 0.717) is 19.3 Å². The molecule has 0 bridgehead atoms. The molecule has 6 nitrogen and oxygen atoms in total. The number of hydrogen-bond donors (Lipinski definition) is 0. The topological polar surface area (TPSA) is 78.9 Å². The molecule has 0 unspecified atom stereocenters. The number of carbonyl (C=O) groups is 3. The van der Waals surface area contributed by atoms with E-state index >= 15 is 0 Å². The predicted molar refractivity (Wildman–Crippen MR) is 280 cm³/mol. The highest BCUT2D eigenvalue weighted by atomic mass is 16.6. The molecule has 0 saturated heterocycles. The highest BCUT2D eigenvalue weighted by molar-refractivity contribution is 5.71. The van der Waals surface area contributed by atoms with Gasteiger partial charge in [0, 0.05) is 19.3 Å². The van der Waals surface area contributed by atoms with E-state index in [-0.39, 0.29) is 31.1 Å². The maximum absolute atomic E-state index is 12.8. The summed E-state index contributed by atoms with van der Waals surface area (Å²) in [5.41, 5.74) is 0. The minimum absolute atomic E-state index is 0.0610. The zero-order valence-electron chi connectivity index (χ0n) is 44.3. The van der Waals surface area contributed by atoms with Crippen LogP contribution in [0.15, 0.2) is 0 Å². The standard InChI is InChI=1S/C59H114O6/c1-4-7-10-13-16-19-22-25-27-29-30-31-33-34-37-40-43-46-49-52-58(61)64-55-56(54-63-57(60)51-48-45-42-39-36-24-21-18-15-12-9-6-3)65-59(62)53-50-47-44-41-38-35-32-28-26-23-20-17-14-11-8-5-2/h56H,4-55H2,1-3H3/t56-/m0/s1. The second-order valence-corrected chi connectivity index (χ2v) is 20.3. The van der Waals surface area contributed by atoms with Crippen LogP contribution in [0.3, 0.4) is 0 Å². The largest absolute Gasteiger partial charge is 0.462 e. The summed E-state index contributed by atoms with van der Waals surface area (Å²) in [6.45, 7) is 6.71. The molecule has 386 valence electrons. The van der Waals surface area contributed by atoms with Gasteiger partial charge in [0.05, 0.1) is 0 Å². The van der Waals surface area contributed by atoms with Crippen LogP contribution in [-0.2, 0) is 28.6 Å². The first-order valence-corrected chi connectivity index (χ1v) is 29.5. The Kier molecular flexibility index (Phi) is 53.7. The predicted octanol–water partition coefficient (Wildman–Crippen LogP) is 19.5. The minimum atomic E-state index is -0.761. The second kappa shape index (κ2) is 55.0. The maximum atomic E-state index is 12.8. The summed E-state index contributed by atoms with van der Waals surface area (Å²) in [7, 11) is 0. The van der Waals surface area contributed by atoms with Crippen molar-refractivity contribution in [2.45, 2.75) is 348 Å². The van der Waals surface area contributed by atoms with Crippen LogP contribution in [0.2, 0.25) is 0 Å². The fraction of sp³-hybridized carbons (Fsp3) is 0.949. The summed E-state index contributed by atoms with van der Waals surface area (Å²) < 4.78 is 16.9. The van der Waals surface area contributed by atoms with Crippen molar-refractivity contribution in [3.8, 4) is 0 Å². The number of esters is 3. The van der Waals surface area contributed by atoms with Gasteiger partial charge in [-0.15, -0.1) is 0 Å². The molecule has 0 spiro atoms. The smallest absolute Gasteiger partial charge is 0.306 e. The van der Waals surface area contributed by atoms with Crippen LogP contribution >= 0.6 is 0 Å². The lowest BCUT2D eigenvalue weighted by Gasteiger charge is -2.18. The van der Waals surface area contributed by atoms with Gasteiger partial charge < -0.3 is 14.2 Å². The minimum Gasteiger partial charge on any atom is -0.462 e. The number of rotatable bonds is 55. The normalized spacial score (nSPS) is 11.9. The molecule has 0 heterocycles. The van der Waals surface area contributed by atoms with Crippen LogP contribution in [0, 0.1) is 0 Å². The van der Waals surface area contributed by atoms with Crippen molar-refractivity contribution in [2.75, 3.05) is 13.2 Å². The molecule has 65 heavy (non-hydrogen) atoms. The van der Waals surface area contributed by atoms with Gasteiger partial charge in [-0.2, -0.15) is 0 Å². The van der Waals surface area contributed by atoms with Gasteiger partial charge >= 0.3 is 17.9 Å². The summed E-state index contributed by atoms with van der Waals surface area (Å²) in [6, 6.07) is 0. The molecule has 0 aromatic carbocycles. The number of carbonyl (C=O) groups excluding carboxylic acids is 3. The van der Waals surface area contributed by atoms with E-state index in [1.165, 1.54) is 244 Å². The molecule has 0 radical (unpaired) electrons. The highest BCUT2D eigenvalue weighted by Gasteiger charge is 2.19. The molecule has 0 fully saturated rings. The average molecular weight is 920 g/mol. The van der Waals surface area contributed by atoms with E-state index in [4.69, 9.17) is 14.2 Å². The maximum Gasteiger partial charge on any atom is 0.306 e. The molecule has 0 aliphatic rings.